The molecule has 1 amide bonds. The van der Waals surface area contributed by atoms with Gasteiger partial charge in [0.25, 0.3) is 5.91 Å². The number of alkyl halides is 3. The molecule has 1 saturated heterocycles. The molecule has 1 aromatic carbocycles. The predicted octanol–water partition coefficient (Wildman–Crippen LogP) is 3.62. The Hall–Kier alpha value is -2.02. The van der Waals surface area contributed by atoms with Crippen LogP contribution >= 0.6 is 0 Å². The van der Waals surface area contributed by atoms with Crippen LogP contribution in [-0.2, 0) is 4.74 Å². The molecular formula is C16H16F3NO3. The number of rotatable bonds is 3. The first-order valence-corrected chi connectivity index (χ1v) is 7.38. The Balaban J connectivity index is 1.89. The fourth-order valence-corrected chi connectivity index (χ4v) is 2.76. The number of ether oxygens (including phenoxy) is 1. The molecule has 1 aliphatic heterocycles. The minimum Gasteiger partial charge on any atom is -0.451 e. The SMILES string of the molecule is O=C(c1cc2ccccc2o1)N(CC(F)(F)F)[C@H]1CCCOC1. The Morgan fingerprint density at radius 3 is 2.74 bits per heavy atom. The van der Waals surface area contributed by atoms with Crippen molar-refractivity contribution in [2.45, 2.75) is 25.1 Å². The van der Waals surface area contributed by atoms with Crippen LogP contribution in [0.5, 0.6) is 0 Å². The second-order valence-electron chi connectivity index (χ2n) is 5.57. The first kappa shape index (κ1) is 15.9. The molecule has 2 aromatic rings. The van der Waals surface area contributed by atoms with E-state index in [1.165, 1.54) is 6.07 Å². The van der Waals surface area contributed by atoms with Crippen LogP contribution in [0.3, 0.4) is 0 Å². The van der Waals surface area contributed by atoms with Crippen LogP contribution in [0, 0.1) is 0 Å². The van der Waals surface area contributed by atoms with Gasteiger partial charge in [-0.3, -0.25) is 4.79 Å². The van der Waals surface area contributed by atoms with Gasteiger partial charge >= 0.3 is 6.18 Å². The lowest BCUT2D eigenvalue weighted by molar-refractivity contribution is -0.149. The molecule has 0 spiro atoms. The van der Waals surface area contributed by atoms with E-state index in [1.54, 1.807) is 24.3 Å². The third kappa shape index (κ3) is 3.67. The molecule has 0 aliphatic carbocycles. The van der Waals surface area contributed by atoms with Gasteiger partial charge < -0.3 is 14.1 Å². The molecule has 1 aliphatic rings. The van der Waals surface area contributed by atoms with E-state index in [0.717, 1.165) is 4.90 Å². The molecule has 1 aromatic heterocycles. The topological polar surface area (TPSA) is 42.7 Å². The Kier molecular flexibility index (Phi) is 4.30. The smallest absolute Gasteiger partial charge is 0.406 e. The second-order valence-corrected chi connectivity index (χ2v) is 5.57. The highest BCUT2D eigenvalue weighted by molar-refractivity contribution is 5.96. The number of furan rings is 1. The normalized spacial score (nSPS) is 19.0. The highest BCUT2D eigenvalue weighted by Gasteiger charge is 2.38. The lowest BCUT2D eigenvalue weighted by atomic mass is 10.1. The molecule has 7 heteroatoms. The van der Waals surface area contributed by atoms with E-state index in [9.17, 15) is 18.0 Å². The van der Waals surface area contributed by atoms with Crippen molar-refractivity contribution in [3.63, 3.8) is 0 Å². The second kappa shape index (κ2) is 6.23. The summed E-state index contributed by atoms with van der Waals surface area (Å²) in [4.78, 5) is 13.4. The molecule has 23 heavy (non-hydrogen) atoms. The summed E-state index contributed by atoms with van der Waals surface area (Å²) < 4.78 is 49.3. The first-order chi connectivity index (χ1) is 10.9. The maximum atomic E-state index is 12.9. The van der Waals surface area contributed by atoms with Crippen molar-refractivity contribution in [1.29, 1.82) is 0 Å². The van der Waals surface area contributed by atoms with Crippen LogP contribution < -0.4 is 0 Å². The lowest BCUT2D eigenvalue weighted by Gasteiger charge is -2.34. The third-order valence-corrected chi connectivity index (χ3v) is 3.82. The average Bonchev–Trinajstić information content (AvgIpc) is 2.96. The number of hydrogen-bond acceptors (Lipinski definition) is 3. The molecule has 0 saturated carbocycles. The molecule has 0 unspecified atom stereocenters. The van der Waals surface area contributed by atoms with Crippen molar-refractivity contribution in [3.05, 3.63) is 36.1 Å². The van der Waals surface area contributed by atoms with Gasteiger partial charge in [-0.1, -0.05) is 18.2 Å². The number of carbonyl (C=O) groups excluding carboxylic acids is 1. The Morgan fingerprint density at radius 2 is 2.09 bits per heavy atom. The quantitative estimate of drug-likeness (QED) is 0.865. The van der Waals surface area contributed by atoms with Gasteiger partial charge in [0, 0.05) is 12.0 Å². The number of carbonyl (C=O) groups is 1. The van der Waals surface area contributed by atoms with Crippen LogP contribution in [0.25, 0.3) is 11.0 Å². The van der Waals surface area contributed by atoms with E-state index < -0.39 is 24.7 Å². The van der Waals surface area contributed by atoms with E-state index in [2.05, 4.69) is 0 Å². The average molecular weight is 327 g/mol. The molecule has 0 bridgehead atoms. The highest BCUT2D eigenvalue weighted by atomic mass is 19.4. The summed E-state index contributed by atoms with van der Waals surface area (Å²) in [6.07, 6.45) is -3.35. The van der Waals surface area contributed by atoms with Crippen LogP contribution in [0.2, 0.25) is 0 Å². The number of amides is 1. The Labute approximate surface area is 130 Å². The van der Waals surface area contributed by atoms with E-state index in [1.807, 2.05) is 0 Å². The maximum Gasteiger partial charge on any atom is 0.406 e. The predicted molar refractivity (Wildman–Crippen MR) is 77.1 cm³/mol. The van der Waals surface area contributed by atoms with Gasteiger partial charge in [-0.25, -0.2) is 0 Å². The van der Waals surface area contributed by atoms with E-state index >= 15 is 0 Å². The van der Waals surface area contributed by atoms with E-state index in [4.69, 9.17) is 9.15 Å². The molecule has 1 atom stereocenters. The zero-order valence-corrected chi connectivity index (χ0v) is 12.3. The fraction of sp³-hybridized carbons (Fsp3) is 0.438. The molecular weight excluding hydrogens is 311 g/mol. The van der Waals surface area contributed by atoms with Gasteiger partial charge in [0.1, 0.15) is 12.1 Å². The minimum absolute atomic E-state index is 0.0824. The Morgan fingerprint density at radius 1 is 1.30 bits per heavy atom. The van der Waals surface area contributed by atoms with Crippen molar-refractivity contribution < 1.29 is 27.1 Å². The van der Waals surface area contributed by atoms with Crippen LogP contribution in [0.4, 0.5) is 13.2 Å². The van der Waals surface area contributed by atoms with Crippen LogP contribution in [0.1, 0.15) is 23.4 Å². The summed E-state index contributed by atoms with van der Waals surface area (Å²) >= 11 is 0. The highest BCUT2D eigenvalue weighted by Crippen LogP contribution is 2.26. The minimum atomic E-state index is -4.47. The van der Waals surface area contributed by atoms with Crippen LogP contribution in [0.15, 0.2) is 34.7 Å². The monoisotopic (exact) mass is 327 g/mol. The van der Waals surface area contributed by atoms with Gasteiger partial charge in [0.05, 0.1) is 12.6 Å². The van der Waals surface area contributed by atoms with Gasteiger partial charge in [-0.2, -0.15) is 13.2 Å². The number of benzene rings is 1. The largest absolute Gasteiger partial charge is 0.451 e. The summed E-state index contributed by atoms with van der Waals surface area (Å²) in [7, 11) is 0. The summed E-state index contributed by atoms with van der Waals surface area (Å²) in [6.45, 7) is -0.686. The number of fused-ring (bicyclic) bond motifs is 1. The maximum absolute atomic E-state index is 12.9. The fourth-order valence-electron chi connectivity index (χ4n) is 2.76. The molecule has 4 nitrogen and oxygen atoms in total. The summed E-state index contributed by atoms with van der Waals surface area (Å²) in [6, 6.07) is 7.81. The van der Waals surface area contributed by atoms with Crippen molar-refractivity contribution in [2.75, 3.05) is 19.8 Å². The van der Waals surface area contributed by atoms with E-state index in [-0.39, 0.29) is 12.4 Å². The number of halogens is 3. The van der Waals surface area contributed by atoms with Crippen molar-refractivity contribution in [2.24, 2.45) is 0 Å². The van der Waals surface area contributed by atoms with Gasteiger partial charge in [0.2, 0.25) is 0 Å². The summed E-state index contributed by atoms with van der Waals surface area (Å²) in [5, 5.41) is 0.683. The van der Waals surface area contributed by atoms with Crippen molar-refractivity contribution in [1.82, 2.24) is 4.90 Å². The number of hydrogen-bond donors (Lipinski definition) is 0. The van der Waals surface area contributed by atoms with Crippen LogP contribution in [-0.4, -0.2) is 42.8 Å². The molecule has 0 N–H and O–H groups in total. The number of nitrogens with zero attached hydrogens (tertiary/aromatic N) is 1. The van der Waals surface area contributed by atoms with Crippen molar-refractivity contribution >= 4 is 16.9 Å². The van der Waals surface area contributed by atoms with Gasteiger partial charge in [-0.15, -0.1) is 0 Å². The molecule has 1 fully saturated rings. The zero-order chi connectivity index (χ0) is 16.4. The van der Waals surface area contributed by atoms with Gasteiger partial charge in [-0.05, 0) is 25.0 Å². The lowest BCUT2D eigenvalue weighted by Crippen LogP contribution is -2.49. The van der Waals surface area contributed by atoms with Crippen molar-refractivity contribution in [3.8, 4) is 0 Å². The molecule has 124 valence electrons. The summed E-state index contributed by atoms with van der Waals surface area (Å²) in [5.74, 6) is -0.838. The zero-order valence-electron chi connectivity index (χ0n) is 12.3. The Bertz CT molecular complexity index is 656. The standard InChI is InChI=1S/C16H16F3NO3/c17-16(18,19)10-20(12-5-3-7-22-9-12)15(21)14-8-11-4-1-2-6-13(11)23-14/h1-2,4,6,8,12H,3,5,7,9-10H2/t12-/m0/s1. The summed E-state index contributed by atoms with van der Waals surface area (Å²) in [5.41, 5.74) is 0.475. The third-order valence-electron chi connectivity index (χ3n) is 3.82. The molecule has 3 rings (SSSR count). The first-order valence-electron chi connectivity index (χ1n) is 7.38. The molecule has 2 heterocycles. The molecule has 0 radical (unpaired) electrons. The number of para-hydroxylation sites is 1. The van der Waals surface area contributed by atoms with Gasteiger partial charge in [0.15, 0.2) is 5.76 Å². The van der Waals surface area contributed by atoms with E-state index in [0.29, 0.717) is 30.4 Å².